The molecule has 0 unspecified atom stereocenters. The summed E-state index contributed by atoms with van der Waals surface area (Å²) in [5, 5.41) is 0. The first-order chi connectivity index (χ1) is 15.0. The van der Waals surface area contributed by atoms with Gasteiger partial charge in [0.05, 0.1) is 11.5 Å². The molecule has 3 amide bonds. The minimum absolute atomic E-state index is 0.0362. The summed E-state index contributed by atoms with van der Waals surface area (Å²) in [5.41, 5.74) is -0.322. The minimum atomic E-state index is -1.09. The average molecular weight is 427 g/mol. The molecular weight excluding hydrogens is 392 g/mol. The van der Waals surface area contributed by atoms with Crippen LogP contribution in [0.25, 0.3) is 0 Å². The minimum Gasteiger partial charge on any atom is -0.380 e. The van der Waals surface area contributed by atoms with Gasteiger partial charge in [0.2, 0.25) is 17.7 Å². The molecule has 2 atom stereocenters. The summed E-state index contributed by atoms with van der Waals surface area (Å²) in [6, 6.07) is 9.43. The second kappa shape index (κ2) is 9.51. The van der Waals surface area contributed by atoms with Gasteiger partial charge in [0.15, 0.2) is 0 Å². The largest absolute Gasteiger partial charge is 0.380 e. The number of ether oxygens (including phenoxy) is 1. The molecule has 0 aromatic heterocycles. The van der Waals surface area contributed by atoms with Crippen molar-refractivity contribution in [3.8, 4) is 0 Å². The lowest BCUT2D eigenvalue weighted by Crippen LogP contribution is -2.47. The number of benzene rings is 1. The lowest BCUT2D eigenvalue weighted by atomic mass is 9.75. The van der Waals surface area contributed by atoms with E-state index in [2.05, 4.69) is 0 Å². The van der Waals surface area contributed by atoms with Crippen molar-refractivity contribution >= 4 is 17.7 Å². The summed E-state index contributed by atoms with van der Waals surface area (Å²) in [6.07, 6.45) is 7.70. The molecule has 31 heavy (non-hydrogen) atoms. The predicted octanol–water partition coefficient (Wildman–Crippen LogP) is 3.29. The maximum atomic E-state index is 13.8. The van der Waals surface area contributed by atoms with Crippen LogP contribution in [0.5, 0.6) is 0 Å². The SMILES string of the molecule is CO[C@@H]1CCCN(C(=O)C[C@@]2(c3ccccc3)CC(=O)N(CC3CCCCC3)C2=O)C1. The Bertz CT molecular complexity index is 805. The molecular formula is C25H34N2O4. The zero-order valence-corrected chi connectivity index (χ0v) is 18.6. The first-order valence-electron chi connectivity index (χ1n) is 11.7. The molecule has 4 rings (SSSR count). The monoisotopic (exact) mass is 426 g/mol. The smallest absolute Gasteiger partial charge is 0.240 e. The van der Waals surface area contributed by atoms with Crippen molar-refractivity contribution in [3.63, 3.8) is 0 Å². The number of amides is 3. The highest BCUT2D eigenvalue weighted by molar-refractivity contribution is 6.10. The van der Waals surface area contributed by atoms with Gasteiger partial charge in [-0.1, -0.05) is 49.6 Å². The van der Waals surface area contributed by atoms with E-state index < -0.39 is 5.41 Å². The zero-order valence-electron chi connectivity index (χ0n) is 18.6. The predicted molar refractivity (Wildman–Crippen MR) is 117 cm³/mol. The van der Waals surface area contributed by atoms with Crippen LogP contribution >= 0.6 is 0 Å². The van der Waals surface area contributed by atoms with Crippen LogP contribution in [0.15, 0.2) is 30.3 Å². The quantitative estimate of drug-likeness (QED) is 0.655. The molecule has 1 aromatic carbocycles. The second-order valence-electron chi connectivity index (χ2n) is 9.45. The summed E-state index contributed by atoms with van der Waals surface area (Å²) < 4.78 is 5.47. The summed E-state index contributed by atoms with van der Waals surface area (Å²) in [7, 11) is 1.67. The standard InChI is InChI=1S/C25H34N2O4/c1-31-21-13-8-14-26(18-21)22(28)15-25(20-11-6-3-7-12-20)16-23(29)27(24(25)30)17-19-9-4-2-5-10-19/h3,6-7,11-12,19,21H,2,4-5,8-10,13-18H2,1H3/t21-,25+/m1/s1. The van der Waals surface area contributed by atoms with Crippen molar-refractivity contribution in [3.05, 3.63) is 35.9 Å². The van der Waals surface area contributed by atoms with E-state index >= 15 is 0 Å². The molecule has 0 spiro atoms. The molecule has 3 aliphatic rings. The van der Waals surface area contributed by atoms with E-state index in [1.54, 1.807) is 7.11 Å². The van der Waals surface area contributed by atoms with Crippen molar-refractivity contribution in [2.75, 3.05) is 26.7 Å². The van der Waals surface area contributed by atoms with Gasteiger partial charge >= 0.3 is 0 Å². The van der Waals surface area contributed by atoms with Crippen molar-refractivity contribution in [2.24, 2.45) is 5.92 Å². The number of methoxy groups -OCH3 is 1. The Balaban J connectivity index is 1.58. The number of nitrogens with zero attached hydrogens (tertiary/aromatic N) is 2. The molecule has 3 fully saturated rings. The number of hydrogen-bond donors (Lipinski definition) is 0. The van der Waals surface area contributed by atoms with Crippen LogP contribution in [0.3, 0.4) is 0 Å². The van der Waals surface area contributed by atoms with Crippen LogP contribution in [-0.2, 0) is 24.5 Å². The molecule has 0 N–H and O–H groups in total. The van der Waals surface area contributed by atoms with E-state index in [-0.39, 0.29) is 36.7 Å². The van der Waals surface area contributed by atoms with Gasteiger partial charge in [-0.3, -0.25) is 19.3 Å². The van der Waals surface area contributed by atoms with Gasteiger partial charge in [-0.2, -0.15) is 0 Å². The zero-order chi connectivity index (χ0) is 21.8. The normalized spacial score (nSPS) is 27.7. The molecule has 0 radical (unpaired) electrons. The number of carbonyl (C=O) groups excluding carboxylic acids is 3. The molecule has 6 heteroatoms. The van der Waals surface area contributed by atoms with Gasteiger partial charge in [0.1, 0.15) is 0 Å². The number of imide groups is 1. The molecule has 2 aliphatic heterocycles. The molecule has 1 aromatic rings. The van der Waals surface area contributed by atoms with E-state index in [0.29, 0.717) is 25.6 Å². The Morgan fingerprint density at radius 3 is 2.52 bits per heavy atom. The summed E-state index contributed by atoms with van der Waals surface area (Å²) in [5.74, 6) is -0.0108. The molecule has 1 saturated carbocycles. The third-order valence-electron chi connectivity index (χ3n) is 7.42. The molecule has 0 bridgehead atoms. The maximum absolute atomic E-state index is 13.8. The Morgan fingerprint density at radius 1 is 1.06 bits per heavy atom. The van der Waals surface area contributed by atoms with Crippen molar-refractivity contribution in [2.45, 2.75) is 69.3 Å². The number of likely N-dealkylation sites (tertiary alicyclic amines) is 2. The van der Waals surface area contributed by atoms with E-state index in [0.717, 1.165) is 31.2 Å². The fourth-order valence-electron chi connectivity index (χ4n) is 5.56. The first-order valence-corrected chi connectivity index (χ1v) is 11.7. The van der Waals surface area contributed by atoms with Crippen LogP contribution in [0, 0.1) is 5.92 Å². The van der Waals surface area contributed by atoms with E-state index in [4.69, 9.17) is 4.74 Å². The highest BCUT2D eigenvalue weighted by Crippen LogP contribution is 2.41. The molecule has 2 heterocycles. The Kier molecular flexibility index (Phi) is 6.75. The Labute approximate surface area is 184 Å². The first kappa shape index (κ1) is 22.0. The fraction of sp³-hybridized carbons (Fsp3) is 0.640. The van der Waals surface area contributed by atoms with E-state index in [9.17, 15) is 14.4 Å². The fourth-order valence-corrected chi connectivity index (χ4v) is 5.56. The van der Waals surface area contributed by atoms with Gasteiger partial charge in [-0.25, -0.2) is 0 Å². The lowest BCUT2D eigenvalue weighted by molar-refractivity contribution is -0.144. The number of piperidine rings is 1. The van der Waals surface area contributed by atoms with Crippen molar-refractivity contribution < 1.29 is 19.1 Å². The summed E-state index contributed by atoms with van der Waals surface area (Å²) >= 11 is 0. The lowest BCUT2D eigenvalue weighted by Gasteiger charge is -2.35. The third kappa shape index (κ3) is 4.54. The van der Waals surface area contributed by atoms with Gasteiger partial charge in [-0.15, -0.1) is 0 Å². The van der Waals surface area contributed by atoms with Crippen LogP contribution in [0.2, 0.25) is 0 Å². The van der Waals surface area contributed by atoms with Crippen LogP contribution in [-0.4, -0.2) is 60.4 Å². The average Bonchev–Trinajstić information content (AvgIpc) is 3.05. The van der Waals surface area contributed by atoms with Gasteiger partial charge < -0.3 is 9.64 Å². The summed E-state index contributed by atoms with van der Waals surface area (Å²) in [6.45, 7) is 1.72. The van der Waals surface area contributed by atoms with E-state index in [1.807, 2.05) is 35.2 Å². The Hall–Kier alpha value is -2.21. The number of carbonyl (C=O) groups is 3. The molecule has 2 saturated heterocycles. The maximum Gasteiger partial charge on any atom is 0.240 e. The second-order valence-corrected chi connectivity index (χ2v) is 9.45. The van der Waals surface area contributed by atoms with Gasteiger partial charge in [-0.05, 0) is 37.2 Å². The third-order valence-corrected chi connectivity index (χ3v) is 7.42. The highest BCUT2D eigenvalue weighted by atomic mass is 16.5. The number of hydrogen-bond acceptors (Lipinski definition) is 4. The van der Waals surface area contributed by atoms with Gasteiger partial charge in [0, 0.05) is 39.6 Å². The van der Waals surface area contributed by atoms with Crippen molar-refractivity contribution in [1.82, 2.24) is 9.80 Å². The van der Waals surface area contributed by atoms with Crippen LogP contribution < -0.4 is 0 Å². The van der Waals surface area contributed by atoms with E-state index in [1.165, 1.54) is 24.2 Å². The summed E-state index contributed by atoms with van der Waals surface area (Å²) in [4.78, 5) is 43.4. The highest BCUT2D eigenvalue weighted by Gasteiger charge is 2.54. The van der Waals surface area contributed by atoms with Crippen LogP contribution in [0.1, 0.15) is 63.4 Å². The van der Waals surface area contributed by atoms with Gasteiger partial charge in [0.25, 0.3) is 0 Å². The number of rotatable bonds is 6. The van der Waals surface area contributed by atoms with Crippen molar-refractivity contribution in [1.29, 1.82) is 0 Å². The Morgan fingerprint density at radius 2 is 1.81 bits per heavy atom. The molecule has 1 aliphatic carbocycles. The van der Waals surface area contributed by atoms with Crippen LogP contribution in [0.4, 0.5) is 0 Å². The molecule has 168 valence electrons. The topological polar surface area (TPSA) is 66.9 Å². The molecule has 6 nitrogen and oxygen atoms in total.